The number of hydrogen-bond donors (Lipinski definition) is 0. The molecule has 30 heavy (non-hydrogen) atoms. The number of rotatable bonds is 5. The third-order valence-electron chi connectivity index (χ3n) is 7.45. The van der Waals surface area contributed by atoms with E-state index in [2.05, 4.69) is 11.8 Å². The molecule has 1 atom stereocenters. The first-order chi connectivity index (χ1) is 14.3. The fourth-order valence-corrected chi connectivity index (χ4v) is 5.11. The summed E-state index contributed by atoms with van der Waals surface area (Å²) in [4.78, 5) is 19.0. The van der Waals surface area contributed by atoms with Gasteiger partial charge in [-0.2, -0.15) is 13.2 Å². The van der Waals surface area contributed by atoms with Gasteiger partial charge in [0, 0.05) is 44.8 Å². The first kappa shape index (κ1) is 21.5. The number of piperidine rings is 1. The predicted molar refractivity (Wildman–Crippen MR) is 111 cm³/mol. The molecule has 2 saturated heterocycles. The molecule has 7 heteroatoms. The molecule has 0 bridgehead atoms. The molecule has 1 amide bonds. The van der Waals surface area contributed by atoms with Gasteiger partial charge in [-0.25, -0.2) is 0 Å². The summed E-state index contributed by atoms with van der Waals surface area (Å²) in [5.41, 5.74) is 0.756. The molecule has 0 aromatic heterocycles. The van der Waals surface area contributed by atoms with Crippen LogP contribution >= 0.6 is 0 Å². The third kappa shape index (κ3) is 4.76. The van der Waals surface area contributed by atoms with Gasteiger partial charge in [0.05, 0.1) is 5.56 Å². The van der Waals surface area contributed by atoms with Crippen LogP contribution in [0.1, 0.15) is 44.6 Å². The van der Waals surface area contributed by atoms with Crippen molar-refractivity contribution in [3.63, 3.8) is 0 Å². The van der Waals surface area contributed by atoms with E-state index in [1.54, 1.807) is 0 Å². The first-order valence-electron chi connectivity index (χ1n) is 11.2. The van der Waals surface area contributed by atoms with Crippen LogP contribution in [0.15, 0.2) is 24.3 Å². The second-order valence-electron chi connectivity index (χ2n) is 9.33. The maximum Gasteiger partial charge on any atom is 0.416 e. The van der Waals surface area contributed by atoms with Crippen LogP contribution in [-0.4, -0.2) is 61.5 Å². The van der Waals surface area contributed by atoms with Gasteiger partial charge in [-0.05, 0) is 74.4 Å². The fourth-order valence-electron chi connectivity index (χ4n) is 5.11. The van der Waals surface area contributed by atoms with Crippen molar-refractivity contribution in [2.24, 2.45) is 11.3 Å². The van der Waals surface area contributed by atoms with Crippen LogP contribution in [-0.2, 0) is 11.0 Å². The monoisotopic (exact) mass is 423 g/mol. The Bertz CT molecular complexity index is 745. The van der Waals surface area contributed by atoms with Crippen LogP contribution in [0.3, 0.4) is 0 Å². The zero-order valence-corrected chi connectivity index (χ0v) is 17.8. The Morgan fingerprint density at radius 1 is 1.00 bits per heavy atom. The van der Waals surface area contributed by atoms with Crippen molar-refractivity contribution in [1.29, 1.82) is 0 Å². The van der Waals surface area contributed by atoms with Gasteiger partial charge in [-0.15, -0.1) is 0 Å². The maximum absolute atomic E-state index is 12.8. The summed E-state index contributed by atoms with van der Waals surface area (Å²) in [7, 11) is 0. The third-order valence-corrected chi connectivity index (χ3v) is 7.45. The van der Waals surface area contributed by atoms with E-state index in [1.165, 1.54) is 44.5 Å². The molecule has 166 valence electrons. The molecule has 3 fully saturated rings. The summed E-state index contributed by atoms with van der Waals surface area (Å²) in [6.07, 6.45) is 1.18. The lowest BCUT2D eigenvalue weighted by Crippen LogP contribution is -2.42. The number of benzene rings is 1. The van der Waals surface area contributed by atoms with Gasteiger partial charge in [0.25, 0.3) is 0 Å². The zero-order chi connectivity index (χ0) is 21.4. The van der Waals surface area contributed by atoms with Crippen LogP contribution < -0.4 is 4.90 Å². The number of carbonyl (C=O) groups is 1. The molecule has 1 saturated carbocycles. The zero-order valence-electron chi connectivity index (χ0n) is 17.8. The fraction of sp³-hybridized carbons (Fsp3) is 0.696. The van der Waals surface area contributed by atoms with E-state index < -0.39 is 11.7 Å². The lowest BCUT2D eigenvalue weighted by atomic mass is 9.83. The van der Waals surface area contributed by atoms with Crippen molar-refractivity contribution >= 4 is 11.6 Å². The molecule has 0 N–H and O–H groups in total. The molecular formula is C23H32F3N3O. The van der Waals surface area contributed by atoms with E-state index >= 15 is 0 Å². The van der Waals surface area contributed by atoms with Crippen molar-refractivity contribution < 1.29 is 18.0 Å². The Morgan fingerprint density at radius 3 is 2.37 bits per heavy atom. The van der Waals surface area contributed by atoms with Crippen LogP contribution in [0.2, 0.25) is 0 Å². The average Bonchev–Trinajstić information content (AvgIpc) is 3.51. The SMILES string of the molecule is CC1CN(CCCN2CCN(c3ccc(C(F)(F)F)cc3)CCC2=O)CCC12CC2. The summed E-state index contributed by atoms with van der Waals surface area (Å²) in [5, 5.41) is 0. The van der Waals surface area contributed by atoms with Gasteiger partial charge in [0.15, 0.2) is 0 Å². The predicted octanol–water partition coefficient (Wildman–Crippen LogP) is 4.26. The summed E-state index contributed by atoms with van der Waals surface area (Å²) in [5.74, 6) is 0.928. The van der Waals surface area contributed by atoms with E-state index in [0.29, 0.717) is 31.5 Å². The first-order valence-corrected chi connectivity index (χ1v) is 11.2. The number of halogens is 3. The number of carbonyl (C=O) groups excluding carboxylic acids is 1. The van der Waals surface area contributed by atoms with E-state index in [9.17, 15) is 18.0 Å². The number of nitrogens with zero attached hydrogens (tertiary/aromatic N) is 3. The quantitative estimate of drug-likeness (QED) is 0.708. The van der Waals surface area contributed by atoms with Crippen molar-refractivity contribution in [2.75, 3.05) is 50.7 Å². The minimum absolute atomic E-state index is 0.147. The van der Waals surface area contributed by atoms with E-state index in [-0.39, 0.29) is 5.91 Å². The summed E-state index contributed by atoms with van der Waals surface area (Å²) < 4.78 is 38.3. The van der Waals surface area contributed by atoms with Gasteiger partial charge in [0.2, 0.25) is 5.91 Å². The highest BCUT2D eigenvalue weighted by molar-refractivity contribution is 5.77. The molecule has 4 rings (SSSR count). The van der Waals surface area contributed by atoms with Crippen LogP contribution in [0.4, 0.5) is 18.9 Å². The second-order valence-corrected chi connectivity index (χ2v) is 9.33. The minimum Gasteiger partial charge on any atom is -0.369 e. The standard InChI is InChI=1S/C23H32F3N3O/c1-18-17-27(14-10-22(18)8-9-22)11-2-12-29-16-15-28(13-7-21(29)30)20-5-3-19(4-6-20)23(24,25)26/h3-6,18H,2,7-17H2,1H3. The lowest BCUT2D eigenvalue weighted by molar-refractivity contribution is -0.137. The summed E-state index contributed by atoms with van der Waals surface area (Å²) in [6.45, 7) is 8.36. The maximum atomic E-state index is 12.8. The molecule has 1 spiro atoms. The van der Waals surface area contributed by atoms with Crippen molar-refractivity contribution in [3.05, 3.63) is 29.8 Å². The molecule has 1 unspecified atom stereocenters. The Morgan fingerprint density at radius 2 is 1.73 bits per heavy atom. The molecule has 1 aromatic rings. The van der Waals surface area contributed by atoms with Crippen LogP contribution in [0, 0.1) is 11.3 Å². The van der Waals surface area contributed by atoms with Crippen molar-refractivity contribution in [3.8, 4) is 0 Å². The molecule has 3 aliphatic rings. The van der Waals surface area contributed by atoms with E-state index in [1.807, 2.05) is 9.80 Å². The minimum atomic E-state index is -4.32. The molecule has 0 radical (unpaired) electrons. The van der Waals surface area contributed by atoms with Gasteiger partial charge < -0.3 is 14.7 Å². The number of hydrogen-bond acceptors (Lipinski definition) is 3. The smallest absolute Gasteiger partial charge is 0.369 e. The Hall–Kier alpha value is -1.76. The van der Waals surface area contributed by atoms with Crippen LogP contribution in [0.5, 0.6) is 0 Å². The lowest BCUT2D eigenvalue weighted by Gasteiger charge is -2.37. The molecular weight excluding hydrogens is 391 g/mol. The summed E-state index contributed by atoms with van der Waals surface area (Å²) in [6, 6.07) is 5.25. The highest BCUT2D eigenvalue weighted by atomic mass is 19.4. The number of anilines is 1. The normalized spacial score (nSPS) is 24.9. The van der Waals surface area contributed by atoms with Gasteiger partial charge in [0.1, 0.15) is 0 Å². The highest BCUT2D eigenvalue weighted by Gasteiger charge is 2.49. The van der Waals surface area contributed by atoms with Gasteiger partial charge in [-0.3, -0.25) is 4.79 Å². The average molecular weight is 424 g/mol. The number of amides is 1. The summed E-state index contributed by atoms with van der Waals surface area (Å²) >= 11 is 0. The molecule has 2 heterocycles. The van der Waals surface area contributed by atoms with Crippen molar-refractivity contribution in [1.82, 2.24) is 9.80 Å². The van der Waals surface area contributed by atoms with Gasteiger partial charge in [-0.1, -0.05) is 6.92 Å². The van der Waals surface area contributed by atoms with E-state index in [4.69, 9.17) is 0 Å². The van der Waals surface area contributed by atoms with Crippen molar-refractivity contribution in [2.45, 2.75) is 45.2 Å². The van der Waals surface area contributed by atoms with E-state index in [0.717, 1.165) is 43.2 Å². The number of alkyl halides is 3. The second kappa shape index (κ2) is 8.40. The highest BCUT2D eigenvalue weighted by Crippen LogP contribution is 2.56. The van der Waals surface area contributed by atoms with Gasteiger partial charge >= 0.3 is 6.18 Å². The van der Waals surface area contributed by atoms with Crippen LogP contribution in [0.25, 0.3) is 0 Å². The largest absolute Gasteiger partial charge is 0.416 e. The molecule has 1 aliphatic carbocycles. The Kier molecular flexibility index (Phi) is 6.02. The molecule has 4 nitrogen and oxygen atoms in total. The Labute approximate surface area is 177 Å². The topological polar surface area (TPSA) is 26.8 Å². The molecule has 1 aromatic carbocycles. The number of likely N-dealkylation sites (tertiary alicyclic amines) is 1. The Balaban J connectivity index is 1.25. The molecule has 2 aliphatic heterocycles.